The molecule has 2 atom stereocenters. The Balaban J connectivity index is 2.03. The second kappa shape index (κ2) is 6.41. The third kappa shape index (κ3) is 3.61. The molecule has 1 aromatic heterocycles. The zero-order valence-corrected chi connectivity index (χ0v) is 13.1. The number of amides is 1. The monoisotopic (exact) mass is 339 g/mol. The fourth-order valence-electron chi connectivity index (χ4n) is 2.16. The van der Waals surface area contributed by atoms with Crippen LogP contribution in [0.15, 0.2) is 33.2 Å². The van der Waals surface area contributed by atoms with Gasteiger partial charge in [0.15, 0.2) is 5.76 Å². The summed E-state index contributed by atoms with van der Waals surface area (Å²) in [6.07, 6.45) is 0.301. The van der Waals surface area contributed by atoms with E-state index in [1.165, 1.54) is 0 Å². The number of hydrogen-bond acceptors (Lipinski definition) is 3. The smallest absolute Gasteiger partial charge is 0.287 e. The molecule has 108 valence electrons. The molecule has 5 heteroatoms. The summed E-state index contributed by atoms with van der Waals surface area (Å²) in [4.78, 5) is 12.0. The molecule has 20 heavy (non-hydrogen) atoms. The van der Waals surface area contributed by atoms with Crippen molar-refractivity contribution in [2.45, 2.75) is 26.4 Å². The molecule has 1 amide bonds. The van der Waals surface area contributed by atoms with E-state index in [0.29, 0.717) is 24.3 Å². The van der Waals surface area contributed by atoms with Gasteiger partial charge in [0.2, 0.25) is 0 Å². The Labute approximate surface area is 126 Å². The molecule has 4 nitrogen and oxygen atoms in total. The summed E-state index contributed by atoms with van der Waals surface area (Å²) in [5.74, 6) is 0.289. The highest BCUT2D eigenvalue weighted by Crippen LogP contribution is 2.26. The highest BCUT2D eigenvalue weighted by atomic mass is 79.9. The molecule has 2 N–H and O–H groups in total. The molecule has 0 saturated heterocycles. The van der Waals surface area contributed by atoms with Gasteiger partial charge in [-0.2, -0.15) is 0 Å². The summed E-state index contributed by atoms with van der Waals surface area (Å²) in [5.41, 5.74) is 0.676. The molecule has 2 rings (SSSR count). The molecule has 0 radical (unpaired) electrons. The van der Waals surface area contributed by atoms with Crippen molar-refractivity contribution in [2.24, 2.45) is 5.92 Å². The van der Waals surface area contributed by atoms with E-state index in [-0.39, 0.29) is 17.9 Å². The molecule has 1 aromatic carbocycles. The van der Waals surface area contributed by atoms with Gasteiger partial charge in [0.05, 0.1) is 10.6 Å². The third-order valence-electron chi connectivity index (χ3n) is 3.07. The van der Waals surface area contributed by atoms with Crippen molar-refractivity contribution >= 4 is 32.8 Å². The van der Waals surface area contributed by atoms with Gasteiger partial charge >= 0.3 is 0 Å². The van der Waals surface area contributed by atoms with E-state index in [1.807, 2.05) is 25.1 Å². The molecule has 0 aliphatic heterocycles. The first-order chi connectivity index (χ1) is 9.47. The summed E-state index contributed by atoms with van der Waals surface area (Å²) < 4.78 is 6.40. The molecule has 2 unspecified atom stereocenters. The minimum absolute atomic E-state index is 0.218. The maximum absolute atomic E-state index is 12.0. The number of carbonyl (C=O) groups is 1. The SMILES string of the molecule is CC(O)CC(C)CNC(=O)c1cc2cccc(Br)c2o1. The van der Waals surface area contributed by atoms with Gasteiger partial charge in [-0.15, -0.1) is 0 Å². The Bertz CT molecular complexity index is 606. The van der Waals surface area contributed by atoms with Crippen molar-refractivity contribution in [1.29, 1.82) is 0 Å². The van der Waals surface area contributed by atoms with Gasteiger partial charge < -0.3 is 14.8 Å². The Morgan fingerprint density at radius 3 is 2.85 bits per heavy atom. The van der Waals surface area contributed by atoms with Gasteiger partial charge in [-0.05, 0) is 47.3 Å². The molecule has 0 fully saturated rings. The number of furan rings is 1. The Kier molecular flexibility index (Phi) is 4.83. The predicted octanol–water partition coefficient (Wildman–Crippen LogP) is 3.33. The molecular formula is C15H18BrNO3. The molecule has 0 bridgehead atoms. The van der Waals surface area contributed by atoms with Gasteiger partial charge in [-0.3, -0.25) is 4.79 Å². The Hall–Kier alpha value is -1.33. The van der Waals surface area contributed by atoms with E-state index in [9.17, 15) is 9.90 Å². The lowest BCUT2D eigenvalue weighted by molar-refractivity contribution is 0.0914. The van der Waals surface area contributed by atoms with E-state index < -0.39 is 0 Å². The lowest BCUT2D eigenvalue weighted by atomic mass is 10.0. The van der Waals surface area contributed by atoms with Gasteiger partial charge in [-0.1, -0.05) is 19.1 Å². The number of benzene rings is 1. The predicted molar refractivity (Wildman–Crippen MR) is 81.7 cm³/mol. The number of aliphatic hydroxyl groups excluding tert-OH is 1. The molecular weight excluding hydrogens is 322 g/mol. The minimum Gasteiger partial charge on any atom is -0.450 e. The van der Waals surface area contributed by atoms with E-state index in [4.69, 9.17) is 4.42 Å². The van der Waals surface area contributed by atoms with Crippen LogP contribution in [0.5, 0.6) is 0 Å². The molecule has 2 aromatic rings. The number of rotatable bonds is 5. The van der Waals surface area contributed by atoms with Crippen LogP contribution in [0, 0.1) is 5.92 Å². The number of halogens is 1. The van der Waals surface area contributed by atoms with Crippen LogP contribution >= 0.6 is 15.9 Å². The number of hydrogen-bond donors (Lipinski definition) is 2. The van der Waals surface area contributed by atoms with Crippen LogP contribution in [-0.2, 0) is 0 Å². The van der Waals surface area contributed by atoms with Crippen LogP contribution < -0.4 is 5.32 Å². The summed E-state index contributed by atoms with van der Waals surface area (Å²) in [5, 5.41) is 13.0. The maximum Gasteiger partial charge on any atom is 0.287 e. The number of aliphatic hydroxyl groups is 1. The Morgan fingerprint density at radius 2 is 2.20 bits per heavy atom. The summed E-state index contributed by atoms with van der Waals surface area (Å²) in [7, 11) is 0. The fraction of sp³-hybridized carbons (Fsp3) is 0.400. The molecule has 0 saturated carbocycles. The van der Waals surface area contributed by atoms with Gasteiger partial charge in [0, 0.05) is 11.9 Å². The molecule has 0 aliphatic rings. The first kappa shape index (κ1) is 15.1. The number of nitrogens with one attached hydrogen (secondary N) is 1. The van der Waals surface area contributed by atoms with Gasteiger partial charge in [0.1, 0.15) is 5.58 Å². The highest BCUT2D eigenvalue weighted by molar-refractivity contribution is 9.10. The van der Waals surface area contributed by atoms with E-state index in [0.717, 1.165) is 9.86 Å². The van der Waals surface area contributed by atoms with E-state index in [2.05, 4.69) is 21.2 Å². The zero-order valence-electron chi connectivity index (χ0n) is 11.5. The molecule has 1 heterocycles. The fourth-order valence-corrected chi connectivity index (χ4v) is 2.62. The molecule has 0 spiro atoms. The second-order valence-electron chi connectivity index (χ2n) is 5.17. The van der Waals surface area contributed by atoms with E-state index >= 15 is 0 Å². The summed E-state index contributed by atoms with van der Waals surface area (Å²) >= 11 is 3.40. The summed E-state index contributed by atoms with van der Waals surface area (Å²) in [6.45, 7) is 4.25. The topological polar surface area (TPSA) is 62.5 Å². The lowest BCUT2D eigenvalue weighted by Crippen LogP contribution is -2.29. The normalized spacial score (nSPS) is 14.2. The zero-order chi connectivity index (χ0) is 14.7. The van der Waals surface area contributed by atoms with Gasteiger partial charge in [0.25, 0.3) is 5.91 Å². The van der Waals surface area contributed by atoms with Crippen LogP contribution in [0.2, 0.25) is 0 Å². The second-order valence-corrected chi connectivity index (χ2v) is 6.02. The highest BCUT2D eigenvalue weighted by Gasteiger charge is 2.15. The van der Waals surface area contributed by atoms with Crippen LogP contribution in [0.25, 0.3) is 11.0 Å². The average molecular weight is 340 g/mol. The van der Waals surface area contributed by atoms with Crippen LogP contribution in [0.1, 0.15) is 30.8 Å². The first-order valence-corrected chi connectivity index (χ1v) is 7.41. The lowest BCUT2D eigenvalue weighted by Gasteiger charge is -2.13. The van der Waals surface area contributed by atoms with Crippen molar-refractivity contribution in [3.05, 3.63) is 34.5 Å². The number of fused-ring (bicyclic) bond motifs is 1. The van der Waals surface area contributed by atoms with Crippen LogP contribution in [-0.4, -0.2) is 23.7 Å². The van der Waals surface area contributed by atoms with Gasteiger partial charge in [-0.25, -0.2) is 0 Å². The first-order valence-electron chi connectivity index (χ1n) is 6.61. The van der Waals surface area contributed by atoms with Crippen molar-refractivity contribution in [1.82, 2.24) is 5.32 Å². The minimum atomic E-state index is -0.357. The van der Waals surface area contributed by atoms with Crippen molar-refractivity contribution in [2.75, 3.05) is 6.54 Å². The standard InChI is InChI=1S/C15H18BrNO3/c1-9(6-10(2)18)8-17-15(19)13-7-11-4-3-5-12(16)14(11)20-13/h3-5,7,9-10,18H,6,8H2,1-2H3,(H,17,19). The Morgan fingerprint density at radius 1 is 1.45 bits per heavy atom. The third-order valence-corrected chi connectivity index (χ3v) is 3.70. The average Bonchev–Trinajstić information content (AvgIpc) is 2.80. The number of carbonyl (C=O) groups excluding carboxylic acids is 1. The maximum atomic E-state index is 12.0. The summed E-state index contributed by atoms with van der Waals surface area (Å²) in [6, 6.07) is 7.40. The van der Waals surface area contributed by atoms with Crippen molar-refractivity contribution in [3.63, 3.8) is 0 Å². The van der Waals surface area contributed by atoms with Crippen molar-refractivity contribution in [3.8, 4) is 0 Å². The molecule has 0 aliphatic carbocycles. The van der Waals surface area contributed by atoms with Crippen molar-refractivity contribution < 1.29 is 14.3 Å². The number of para-hydroxylation sites is 1. The van der Waals surface area contributed by atoms with E-state index in [1.54, 1.807) is 13.0 Å². The van der Waals surface area contributed by atoms with Crippen LogP contribution in [0.3, 0.4) is 0 Å². The quantitative estimate of drug-likeness (QED) is 0.878. The van der Waals surface area contributed by atoms with Crippen LogP contribution in [0.4, 0.5) is 0 Å². The largest absolute Gasteiger partial charge is 0.450 e.